The van der Waals surface area contributed by atoms with E-state index < -0.39 is 0 Å². The second-order valence-electron chi connectivity index (χ2n) is 4.41. The summed E-state index contributed by atoms with van der Waals surface area (Å²) in [6.07, 6.45) is 1.96. The van der Waals surface area contributed by atoms with E-state index in [2.05, 4.69) is 54.6 Å². The van der Waals surface area contributed by atoms with Crippen LogP contribution >= 0.6 is 0 Å². The van der Waals surface area contributed by atoms with Gasteiger partial charge in [0.1, 0.15) is 17.3 Å². The van der Waals surface area contributed by atoms with Gasteiger partial charge in [0.25, 0.3) is 0 Å². The third kappa shape index (κ3) is 2.13. The van der Waals surface area contributed by atoms with Crippen LogP contribution in [0.5, 0.6) is 0 Å². The van der Waals surface area contributed by atoms with Crippen LogP contribution in [0.15, 0.2) is 24.3 Å². The first-order chi connectivity index (χ1) is 8.71. The van der Waals surface area contributed by atoms with Crippen molar-refractivity contribution >= 4 is 5.82 Å². The van der Waals surface area contributed by atoms with E-state index >= 15 is 0 Å². The van der Waals surface area contributed by atoms with Gasteiger partial charge in [-0.3, -0.25) is 0 Å². The minimum atomic E-state index is 0.776. The molecule has 0 spiro atoms. The summed E-state index contributed by atoms with van der Waals surface area (Å²) in [7, 11) is 0. The molecule has 3 heteroatoms. The average molecular weight is 243 g/mol. The summed E-state index contributed by atoms with van der Waals surface area (Å²) >= 11 is 0. The monoisotopic (exact) mass is 243 g/mol. The van der Waals surface area contributed by atoms with E-state index in [-0.39, 0.29) is 0 Å². The van der Waals surface area contributed by atoms with Gasteiger partial charge in [0.05, 0.1) is 0 Å². The Morgan fingerprint density at radius 3 is 2.17 bits per heavy atom. The van der Waals surface area contributed by atoms with Gasteiger partial charge in [-0.25, -0.2) is 4.98 Å². The summed E-state index contributed by atoms with van der Waals surface area (Å²) in [5.74, 6) is 1.84. The molecule has 1 heterocycles. The van der Waals surface area contributed by atoms with Crippen LogP contribution in [0.1, 0.15) is 32.2 Å². The lowest BCUT2D eigenvalue weighted by Gasteiger charge is -2.05. The van der Waals surface area contributed by atoms with Crippen LogP contribution in [-0.2, 0) is 19.4 Å². The predicted molar refractivity (Wildman–Crippen MR) is 76.5 cm³/mol. The van der Waals surface area contributed by atoms with Gasteiger partial charge in [0, 0.05) is 18.5 Å². The number of imidazole rings is 1. The van der Waals surface area contributed by atoms with Crippen LogP contribution < -0.4 is 5.73 Å². The van der Waals surface area contributed by atoms with Crippen molar-refractivity contribution in [1.82, 2.24) is 9.55 Å². The topological polar surface area (TPSA) is 43.8 Å². The molecule has 1 aromatic carbocycles. The van der Waals surface area contributed by atoms with Gasteiger partial charge in [-0.05, 0) is 18.9 Å². The maximum atomic E-state index is 6.19. The Labute approximate surface area is 109 Å². The number of hydrogen-bond acceptors (Lipinski definition) is 2. The summed E-state index contributed by atoms with van der Waals surface area (Å²) in [5.41, 5.74) is 9.55. The molecule has 0 radical (unpaired) electrons. The lowest BCUT2D eigenvalue weighted by molar-refractivity contribution is 0.713. The van der Waals surface area contributed by atoms with Gasteiger partial charge in [-0.2, -0.15) is 0 Å². The number of benzene rings is 1. The minimum Gasteiger partial charge on any atom is -0.383 e. The summed E-state index contributed by atoms with van der Waals surface area (Å²) < 4.78 is 2.09. The third-order valence-electron chi connectivity index (χ3n) is 3.35. The highest BCUT2D eigenvalue weighted by molar-refractivity contribution is 5.71. The predicted octanol–water partition coefficient (Wildman–Crippen LogP) is 3.28. The molecule has 3 nitrogen and oxygen atoms in total. The number of nitrogens with zero attached hydrogens (tertiary/aromatic N) is 2. The van der Waals surface area contributed by atoms with Gasteiger partial charge in [-0.15, -0.1) is 0 Å². The minimum absolute atomic E-state index is 0.776. The van der Waals surface area contributed by atoms with Crippen molar-refractivity contribution < 1.29 is 0 Å². The fourth-order valence-electron chi connectivity index (χ4n) is 2.25. The quantitative estimate of drug-likeness (QED) is 0.895. The zero-order valence-corrected chi connectivity index (χ0v) is 11.4. The molecule has 0 amide bonds. The van der Waals surface area contributed by atoms with E-state index in [1.54, 1.807) is 0 Å². The van der Waals surface area contributed by atoms with Crippen LogP contribution in [0.2, 0.25) is 0 Å². The number of aryl methyl sites for hydroxylation is 2. The number of rotatable bonds is 4. The van der Waals surface area contributed by atoms with Crippen LogP contribution in [0.4, 0.5) is 5.82 Å². The molecule has 0 fully saturated rings. The number of nitrogens with two attached hydrogens (primary N) is 1. The van der Waals surface area contributed by atoms with Crippen LogP contribution in [0.25, 0.3) is 11.3 Å². The maximum Gasteiger partial charge on any atom is 0.131 e. The molecule has 0 saturated carbocycles. The van der Waals surface area contributed by atoms with E-state index in [4.69, 9.17) is 5.73 Å². The summed E-state index contributed by atoms with van der Waals surface area (Å²) in [6.45, 7) is 7.23. The molecule has 0 unspecified atom stereocenters. The molecule has 0 aliphatic rings. The zero-order chi connectivity index (χ0) is 13.1. The van der Waals surface area contributed by atoms with E-state index in [1.807, 2.05) is 0 Å². The van der Waals surface area contributed by atoms with E-state index in [0.717, 1.165) is 42.3 Å². The Kier molecular flexibility index (Phi) is 3.70. The summed E-state index contributed by atoms with van der Waals surface area (Å²) in [4.78, 5) is 4.66. The largest absolute Gasteiger partial charge is 0.383 e. The van der Waals surface area contributed by atoms with E-state index in [9.17, 15) is 0 Å². The molecule has 18 heavy (non-hydrogen) atoms. The lowest BCUT2D eigenvalue weighted by atomic mass is 10.1. The lowest BCUT2D eigenvalue weighted by Crippen LogP contribution is -2.04. The average Bonchev–Trinajstić information content (AvgIpc) is 2.75. The highest BCUT2D eigenvalue weighted by Crippen LogP contribution is 2.26. The highest BCUT2D eigenvalue weighted by atomic mass is 15.1. The molecule has 0 atom stereocenters. The van der Waals surface area contributed by atoms with Crippen molar-refractivity contribution in [3.63, 3.8) is 0 Å². The molecule has 0 aliphatic carbocycles. The van der Waals surface area contributed by atoms with Gasteiger partial charge < -0.3 is 10.3 Å². The number of nitrogen functional groups attached to an aromatic ring is 1. The van der Waals surface area contributed by atoms with Crippen molar-refractivity contribution in [3.8, 4) is 11.3 Å². The zero-order valence-electron chi connectivity index (χ0n) is 11.4. The Hall–Kier alpha value is -1.77. The molecule has 0 bridgehead atoms. The van der Waals surface area contributed by atoms with Crippen molar-refractivity contribution in [2.24, 2.45) is 0 Å². The molecule has 96 valence electrons. The fourth-order valence-corrected chi connectivity index (χ4v) is 2.25. The molecule has 0 saturated heterocycles. The second kappa shape index (κ2) is 5.25. The molecule has 2 rings (SSSR count). The first-order valence-corrected chi connectivity index (χ1v) is 6.65. The number of aromatic nitrogens is 2. The highest BCUT2D eigenvalue weighted by Gasteiger charge is 2.13. The van der Waals surface area contributed by atoms with Crippen LogP contribution in [0.3, 0.4) is 0 Å². The van der Waals surface area contributed by atoms with Gasteiger partial charge in [-0.1, -0.05) is 38.1 Å². The molecule has 1 aromatic heterocycles. The molecule has 2 aromatic rings. The first kappa shape index (κ1) is 12.7. The Balaban J connectivity index is 2.46. The van der Waals surface area contributed by atoms with Gasteiger partial charge >= 0.3 is 0 Å². The smallest absolute Gasteiger partial charge is 0.131 e. The van der Waals surface area contributed by atoms with Gasteiger partial charge in [0.2, 0.25) is 0 Å². The van der Waals surface area contributed by atoms with Gasteiger partial charge in [0.15, 0.2) is 0 Å². The summed E-state index contributed by atoms with van der Waals surface area (Å²) in [5, 5.41) is 0. The van der Waals surface area contributed by atoms with Crippen molar-refractivity contribution in [1.29, 1.82) is 0 Å². The van der Waals surface area contributed by atoms with E-state index in [0.29, 0.717) is 0 Å². The van der Waals surface area contributed by atoms with Crippen molar-refractivity contribution in [2.45, 2.75) is 40.2 Å². The summed E-state index contributed by atoms with van der Waals surface area (Å²) in [6, 6.07) is 8.50. The molecule has 0 aliphatic heterocycles. The number of hydrogen-bond donors (Lipinski definition) is 1. The third-order valence-corrected chi connectivity index (χ3v) is 3.35. The molecular weight excluding hydrogens is 222 g/mol. The Bertz CT molecular complexity index is 523. The van der Waals surface area contributed by atoms with Crippen LogP contribution in [0, 0.1) is 0 Å². The maximum absolute atomic E-state index is 6.19. The molecule has 2 N–H and O–H groups in total. The normalized spacial score (nSPS) is 10.8. The van der Waals surface area contributed by atoms with Crippen molar-refractivity contribution in [2.75, 3.05) is 5.73 Å². The van der Waals surface area contributed by atoms with E-state index in [1.165, 1.54) is 5.56 Å². The Morgan fingerprint density at radius 2 is 1.72 bits per heavy atom. The SMILES string of the molecule is CCc1ccc(-c2nc(CC)n(CC)c2N)cc1. The van der Waals surface area contributed by atoms with Crippen LogP contribution in [-0.4, -0.2) is 9.55 Å². The fraction of sp³-hybridized carbons (Fsp3) is 0.400. The second-order valence-corrected chi connectivity index (χ2v) is 4.41. The number of anilines is 1. The first-order valence-electron chi connectivity index (χ1n) is 6.65. The molecular formula is C15H21N3. The van der Waals surface area contributed by atoms with Crippen molar-refractivity contribution in [3.05, 3.63) is 35.7 Å². The Morgan fingerprint density at radius 1 is 1.06 bits per heavy atom. The standard InChI is InChI=1S/C15H21N3/c1-4-11-7-9-12(10-8-11)14-15(16)18(6-3)13(5-2)17-14/h7-10H,4-6,16H2,1-3H3.